The Hall–Kier alpha value is -1.16. The number of carbonyl (C=O) groups excluding carboxylic acids is 2. The maximum atomic E-state index is 12.5. The van der Waals surface area contributed by atoms with E-state index >= 15 is 0 Å². The van der Waals surface area contributed by atoms with Gasteiger partial charge in [-0.2, -0.15) is 0 Å². The molecule has 0 spiro atoms. The van der Waals surface area contributed by atoms with Crippen LogP contribution in [0.2, 0.25) is 0 Å². The fourth-order valence-electron chi connectivity index (χ4n) is 2.35. The molecule has 5 atom stereocenters. The molecule has 6 N–H and O–H groups in total. The smallest absolute Gasteiger partial charge is 0.321 e. The van der Waals surface area contributed by atoms with Gasteiger partial charge in [-0.1, -0.05) is 32.5 Å². The molecule has 9 heteroatoms. The van der Waals surface area contributed by atoms with Crippen LogP contribution in [0.4, 0.5) is 0 Å². The van der Waals surface area contributed by atoms with Crippen LogP contribution in [-0.2, 0) is 14.4 Å². The zero-order valence-corrected chi connectivity index (χ0v) is 13.5. The lowest BCUT2D eigenvalue weighted by Crippen LogP contribution is -2.64. The van der Waals surface area contributed by atoms with E-state index in [0.717, 1.165) is 0 Å². The van der Waals surface area contributed by atoms with Gasteiger partial charge in [0.25, 0.3) is 0 Å². The Bertz CT molecular complexity index is 471. The number of hydrogen-bond acceptors (Lipinski definition) is 7. The molecule has 1 fully saturated rings. The Kier molecular flexibility index (Phi) is 5.96. The summed E-state index contributed by atoms with van der Waals surface area (Å²) in [5, 5.41) is 31.1. The normalized spacial score (nSPS) is 31.0. The maximum absolute atomic E-state index is 12.5. The molecule has 1 rings (SSSR count). The summed E-state index contributed by atoms with van der Waals surface area (Å²) in [5.74, 6) is -3.28. The van der Waals surface area contributed by atoms with Gasteiger partial charge in [0.05, 0.1) is 18.1 Å². The van der Waals surface area contributed by atoms with Crippen molar-refractivity contribution in [3.8, 4) is 0 Å². The van der Waals surface area contributed by atoms with Gasteiger partial charge < -0.3 is 26.4 Å². The predicted molar refractivity (Wildman–Crippen MR) is 80.0 cm³/mol. The Morgan fingerprint density at radius 1 is 1.45 bits per heavy atom. The summed E-state index contributed by atoms with van der Waals surface area (Å²) in [6, 6.07) is -1.26. The van der Waals surface area contributed by atoms with Gasteiger partial charge in [0.1, 0.15) is 6.04 Å². The minimum atomic E-state index is -1.85. The molecule has 1 aliphatic heterocycles. The number of aliphatic hydroxyl groups is 2. The quantitative estimate of drug-likeness (QED) is 0.395. The van der Waals surface area contributed by atoms with E-state index < -0.39 is 52.6 Å². The van der Waals surface area contributed by atoms with E-state index in [1.807, 2.05) is 0 Å². The number of rotatable bonds is 6. The van der Waals surface area contributed by atoms with Crippen LogP contribution in [0.1, 0.15) is 20.8 Å². The lowest BCUT2D eigenvalue weighted by molar-refractivity contribution is -0.137. The van der Waals surface area contributed by atoms with Crippen LogP contribution >= 0.6 is 11.8 Å². The molecule has 0 bridgehead atoms. The molecule has 0 saturated carbocycles. The number of nitrogens with two attached hydrogens (primary N) is 1. The van der Waals surface area contributed by atoms with Gasteiger partial charge in [0.2, 0.25) is 11.0 Å². The minimum Gasteiger partial charge on any atom is -0.480 e. The highest BCUT2D eigenvalue weighted by molar-refractivity contribution is 8.13. The number of carboxylic acid groups (broad SMARTS) is 1. The Balaban J connectivity index is 3.04. The Morgan fingerprint density at radius 3 is 2.36 bits per heavy atom. The van der Waals surface area contributed by atoms with Gasteiger partial charge in [-0.3, -0.25) is 14.4 Å². The van der Waals surface area contributed by atoms with E-state index in [-0.39, 0.29) is 5.75 Å². The Labute approximate surface area is 132 Å². The molecular formula is C13H22N2O6S. The summed E-state index contributed by atoms with van der Waals surface area (Å²) in [7, 11) is 0. The second-order valence-electron chi connectivity index (χ2n) is 5.82. The summed E-state index contributed by atoms with van der Waals surface area (Å²) < 4.78 is 0. The fourth-order valence-corrected chi connectivity index (χ4v) is 3.36. The second-order valence-corrected chi connectivity index (χ2v) is 6.82. The third kappa shape index (κ3) is 3.27. The van der Waals surface area contributed by atoms with Gasteiger partial charge in [-0.15, -0.1) is 0 Å². The van der Waals surface area contributed by atoms with Crippen LogP contribution in [0.25, 0.3) is 0 Å². The van der Waals surface area contributed by atoms with E-state index in [0.29, 0.717) is 11.8 Å². The fraction of sp³-hybridized carbons (Fsp3) is 0.769. The molecule has 1 amide bonds. The molecule has 5 unspecified atom stereocenters. The maximum Gasteiger partial charge on any atom is 0.321 e. The highest BCUT2D eigenvalue weighted by atomic mass is 32.2. The number of nitrogens with one attached hydrogen (secondary N) is 1. The molecule has 1 heterocycles. The van der Waals surface area contributed by atoms with Gasteiger partial charge in [0.15, 0.2) is 5.54 Å². The van der Waals surface area contributed by atoms with E-state index in [9.17, 15) is 24.6 Å². The first kappa shape index (κ1) is 18.9. The minimum absolute atomic E-state index is 0.225. The number of aliphatic hydroxyl groups excluding tert-OH is 2. The Morgan fingerprint density at radius 2 is 2.00 bits per heavy atom. The number of amides is 1. The molecule has 8 nitrogen and oxygen atoms in total. The zero-order valence-electron chi connectivity index (χ0n) is 12.6. The first-order valence-corrected chi connectivity index (χ1v) is 7.88. The van der Waals surface area contributed by atoms with Crippen molar-refractivity contribution in [2.24, 2.45) is 17.6 Å². The largest absolute Gasteiger partial charge is 0.480 e. The summed E-state index contributed by atoms with van der Waals surface area (Å²) in [6.45, 7) is 4.75. The van der Waals surface area contributed by atoms with Crippen LogP contribution in [0, 0.1) is 11.8 Å². The van der Waals surface area contributed by atoms with E-state index in [2.05, 4.69) is 5.32 Å². The third-order valence-corrected chi connectivity index (χ3v) is 4.96. The van der Waals surface area contributed by atoms with Crippen molar-refractivity contribution >= 4 is 28.8 Å². The molecule has 0 aromatic heterocycles. The average Bonchev–Trinajstić information content (AvgIpc) is 2.68. The van der Waals surface area contributed by atoms with Gasteiger partial charge >= 0.3 is 5.97 Å². The monoisotopic (exact) mass is 334 g/mol. The number of carbonyl (C=O) groups is 3. The highest BCUT2D eigenvalue weighted by Crippen LogP contribution is 2.36. The lowest BCUT2D eigenvalue weighted by atomic mass is 9.81. The molecule has 0 aliphatic carbocycles. The zero-order chi connectivity index (χ0) is 17.2. The van der Waals surface area contributed by atoms with Crippen molar-refractivity contribution in [3.05, 3.63) is 0 Å². The summed E-state index contributed by atoms with van der Waals surface area (Å²) in [5.41, 5.74) is 3.49. The van der Waals surface area contributed by atoms with Gasteiger partial charge in [0, 0.05) is 5.75 Å². The number of carboxylic acids is 1. The summed E-state index contributed by atoms with van der Waals surface area (Å²) >= 11 is 0.583. The first-order valence-electron chi connectivity index (χ1n) is 6.89. The van der Waals surface area contributed by atoms with E-state index in [1.54, 1.807) is 13.8 Å². The first-order chi connectivity index (χ1) is 10.1. The van der Waals surface area contributed by atoms with Crippen LogP contribution in [0.15, 0.2) is 0 Å². The highest BCUT2D eigenvalue weighted by Gasteiger charge is 2.60. The molecule has 126 valence electrons. The molecule has 22 heavy (non-hydrogen) atoms. The number of thioether (sulfide) groups is 1. The SMILES string of the molecule is CC(C)C(O)C1(C(=O)SCC(N)C(=O)O)NC(=O)C(C)C1O. The van der Waals surface area contributed by atoms with Crippen molar-refractivity contribution < 1.29 is 29.7 Å². The number of hydrogen-bond donors (Lipinski definition) is 5. The van der Waals surface area contributed by atoms with Gasteiger partial charge in [-0.05, 0) is 5.92 Å². The van der Waals surface area contributed by atoms with Crippen LogP contribution in [-0.4, -0.2) is 61.9 Å². The van der Waals surface area contributed by atoms with Crippen molar-refractivity contribution in [2.75, 3.05) is 5.75 Å². The van der Waals surface area contributed by atoms with E-state index in [1.165, 1.54) is 6.92 Å². The van der Waals surface area contributed by atoms with Crippen LogP contribution in [0.3, 0.4) is 0 Å². The molecule has 0 radical (unpaired) electrons. The molecule has 0 aromatic carbocycles. The van der Waals surface area contributed by atoms with Crippen molar-refractivity contribution in [2.45, 2.75) is 44.6 Å². The second kappa shape index (κ2) is 6.95. The third-order valence-electron chi connectivity index (χ3n) is 3.83. The predicted octanol–water partition coefficient (Wildman–Crippen LogP) is -1.46. The summed E-state index contributed by atoms with van der Waals surface area (Å²) in [4.78, 5) is 35.0. The molecule has 1 aliphatic rings. The van der Waals surface area contributed by atoms with Crippen molar-refractivity contribution in [1.82, 2.24) is 5.32 Å². The van der Waals surface area contributed by atoms with Crippen LogP contribution in [0.5, 0.6) is 0 Å². The summed E-state index contributed by atoms with van der Waals surface area (Å²) in [6.07, 6.45) is -2.71. The van der Waals surface area contributed by atoms with Gasteiger partial charge in [-0.25, -0.2) is 0 Å². The van der Waals surface area contributed by atoms with E-state index in [4.69, 9.17) is 10.8 Å². The molecular weight excluding hydrogens is 312 g/mol. The van der Waals surface area contributed by atoms with Crippen LogP contribution < -0.4 is 11.1 Å². The van der Waals surface area contributed by atoms with Crippen molar-refractivity contribution in [3.63, 3.8) is 0 Å². The number of aliphatic carboxylic acids is 1. The van der Waals surface area contributed by atoms with Crippen molar-refractivity contribution in [1.29, 1.82) is 0 Å². The molecule has 1 saturated heterocycles. The average molecular weight is 334 g/mol. The lowest BCUT2D eigenvalue weighted by Gasteiger charge is -2.37. The molecule has 0 aromatic rings. The topological polar surface area (TPSA) is 150 Å². The standard InChI is InChI=1S/C13H22N2O6S/c1-5(2)8(16)13(9(17)6(3)10(18)15-13)12(21)22-4-7(14)11(19)20/h5-9,16-17H,4,14H2,1-3H3,(H,15,18)(H,19,20).